The van der Waals surface area contributed by atoms with Crippen LogP contribution in [0.3, 0.4) is 0 Å². The second-order valence-electron chi connectivity index (χ2n) is 8.79. The Morgan fingerprint density at radius 1 is 1.18 bits per heavy atom. The molecule has 1 aromatic carbocycles. The summed E-state index contributed by atoms with van der Waals surface area (Å²) in [5.41, 5.74) is 1.61. The van der Waals surface area contributed by atoms with Crippen molar-refractivity contribution in [2.24, 2.45) is 0 Å². The summed E-state index contributed by atoms with van der Waals surface area (Å²) in [6.45, 7) is 4.63. The number of hydrogen-bond acceptors (Lipinski definition) is 6. The van der Waals surface area contributed by atoms with Gasteiger partial charge in [-0.2, -0.15) is 23.4 Å². The Bertz CT molecular complexity index is 1160. The molecule has 0 aliphatic carbocycles. The molecule has 178 valence electrons. The lowest BCUT2D eigenvalue weighted by molar-refractivity contribution is -0.142. The van der Waals surface area contributed by atoms with Gasteiger partial charge in [-0.3, -0.25) is 9.58 Å². The molecule has 2 aliphatic rings. The summed E-state index contributed by atoms with van der Waals surface area (Å²) < 4.78 is 46.0. The molecule has 0 unspecified atom stereocenters. The van der Waals surface area contributed by atoms with E-state index in [4.69, 9.17) is 16.3 Å². The van der Waals surface area contributed by atoms with Crippen LogP contribution in [0.5, 0.6) is 0 Å². The number of rotatable bonds is 4. The van der Waals surface area contributed by atoms with Crippen LogP contribution in [0.1, 0.15) is 6.92 Å². The van der Waals surface area contributed by atoms with Gasteiger partial charge in [-0.25, -0.2) is 4.68 Å². The molecule has 12 heteroatoms. The number of alkyl halides is 3. The number of hydrogen-bond donors (Lipinski definition) is 1. The molecular formula is C21H24ClF3N6O2. The summed E-state index contributed by atoms with van der Waals surface area (Å²) >= 11 is 6.59. The number of anilines is 1. The maximum atomic E-state index is 12.7. The topological polar surface area (TPSA) is 71.6 Å². The lowest BCUT2D eigenvalue weighted by Gasteiger charge is -2.45. The van der Waals surface area contributed by atoms with E-state index >= 15 is 0 Å². The Labute approximate surface area is 193 Å². The first-order valence-corrected chi connectivity index (χ1v) is 11.0. The van der Waals surface area contributed by atoms with Crippen LogP contribution in [0.2, 0.25) is 5.02 Å². The number of aliphatic hydroxyl groups excluding tert-OH is 1. The molecule has 33 heavy (non-hydrogen) atoms. The van der Waals surface area contributed by atoms with Crippen LogP contribution in [0.25, 0.3) is 16.6 Å². The van der Waals surface area contributed by atoms with Gasteiger partial charge < -0.3 is 14.7 Å². The van der Waals surface area contributed by atoms with E-state index < -0.39 is 24.4 Å². The van der Waals surface area contributed by atoms with Gasteiger partial charge in [0.2, 0.25) is 0 Å². The number of nitrogens with zero attached hydrogens (tertiary/aromatic N) is 6. The molecular weight excluding hydrogens is 461 g/mol. The van der Waals surface area contributed by atoms with Gasteiger partial charge in [-0.05, 0) is 19.1 Å². The molecule has 0 saturated carbocycles. The minimum atomic E-state index is -4.35. The zero-order valence-electron chi connectivity index (χ0n) is 18.0. The summed E-state index contributed by atoms with van der Waals surface area (Å²) in [5, 5.41) is 19.9. The molecule has 5 rings (SSSR count). The van der Waals surface area contributed by atoms with Crippen molar-refractivity contribution < 1.29 is 23.0 Å². The predicted octanol–water partition coefficient (Wildman–Crippen LogP) is 2.71. The summed E-state index contributed by atoms with van der Waals surface area (Å²) in [6, 6.07) is 3.73. The molecule has 1 N–H and O–H groups in total. The molecule has 0 bridgehead atoms. The Morgan fingerprint density at radius 3 is 2.61 bits per heavy atom. The Kier molecular flexibility index (Phi) is 5.55. The van der Waals surface area contributed by atoms with Crippen LogP contribution in [0.4, 0.5) is 18.9 Å². The largest absolute Gasteiger partial charge is 0.408 e. The Balaban J connectivity index is 1.39. The highest BCUT2D eigenvalue weighted by atomic mass is 35.5. The summed E-state index contributed by atoms with van der Waals surface area (Å²) in [7, 11) is 0. The van der Waals surface area contributed by atoms with Crippen LogP contribution >= 0.6 is 11.6 Å². The highest BCUT2D eigenvalue weighted by molar-refractivity contribution is 6.34. The highest BCUT2D eigenvalue weighted by Gasteiger charge is 2.44. The van der Waals surface area contributed by atoms with Crippen LogP contribution in [-0.4, -0.2) is 86.8 Å². The van der Waals surface area contributed by atoms with Crippen molar-refractivity contribution in [3.63, 3.8) is 0 Å². The smallest absolute Gasteiger partial charge is 0.389 e. The number of aliphatic hydroxyl groups is 1. The van der Waals surface area contributed by atoms with E-state index in [0.29, 0.717) is 37.0 Å². The van der Waals surface area contributed by atoms with E-state index in [2.05, 4.69) is 20.0 Å². The third kappa shape index (κ3) is 4.18. The van der Waals surface area contributed by atoms with Crippen molar-refractivity contribution in [2.75, 3.05) is 44.3 Å². The number of aromatic nitrogens is 4. The number of benzene rings is 1. The number of fused-ring (bicyclic) bond motifs is 1. The number of piperazine rings is 1. The fourth-order valence-electron chi connectivity index (χ4n) is 4.63. The molecule has 0 spiro atoms. The van der Waals surface area contributed by atoms with E-state index in [-0.39, 0.29) is 0 Å². The minimum Gasteiger partial charge on any atom is -0.389 e. The van der Waals surface area contributed by atoms with Gasteiger partial charge in [-0.15, -0.1) is 0 Å². The summed E-state index contributed by atoms with van der Waals surface area (Å²) in [5.74, 6) is 0. The van der Waals surface area contributed by atoms with Crippen LogP contribution in [0, 0.1) is 0 Å². The van der Waals surface area contributed by atoms with E-state index in [1.54, 1.807) is 10.9 Å². The molecule has 2 saturated heterocycles. The van der Waals surface area contributed by atoms with E-state index in [0.717, 1.165) is 34.4 Å². The molecule has 2 atom stereocenters. The molecule has 2 fully saturated rings. The SMILES string of the molecule is C[C@@]1(N2CCN(c3cc4c(cnn4-c4cnn(CC(F)(F)F)c4)cc3Cl)CC2)COC[C@@H]1O. The first-order chi connectivity index (χ1) is 15.6. The fourth-order valence-corrected chi connectivity index (χ4v) is 4.92. The van der Waals surface area contributed by atoms with Gasteiger partial charge >= 0.3 is 6.18 Å². The highest BCUT2D eigenvalue weighted by Crippen LogP contribution is 2.34. The zero-order valence-corrected chi connectivity index (χ0v) is 18.7. The van der Waals surface area contributed by atoms with Crippen molar-refractivity contribution in [2.45, 2.75) is 31.3 Å². The van der Waals surface area contributed by atoms with Gasteiger partial charge in [0.05, 0.1) is 59.7 Å². The Hall–Kier alpha value is -2.34. The maximum Gasteiger partial charge on any atom is 0.408 e. The van der Waals surface area contributed by atoms with Gasteiger partial charge in [-0.1, -0.05) is 11.6 Å². The average Bonchev–Trinajstić information content (AvgIpc) is 3.46. The Morgan fingerprint density at radius 2 is 1.94 bits per heavy atom. The lowest BCUT2D eigenvalue weighted by Crippen LogP contribution is -2.60. The standard InChI is InChI=1S/C21H24ClF3N6O2/c1-20(13-33-11-19(20)32)29-4-2-28(3-5-29)18-7-17-14(6-16(18)22)8-27-31(17)15-9-26-30(10-15)12-21(23,24)25/h6-10,19,32H,2-5,11-13H2,1H3/t19-,20+/m0/s1. The summed E-state index contributed by atoms with van der Waals surface area (Å²) in [4.78, 5) is 4.43. The third-order valence-corrected chi connectivity index (χ3v) is 6.88. The normalized spacial score (nSPS) is 24.8. The zero-order chi connectivity index (χ0) is 23.4. The second kappa shape index (κ2) is 8.15. The first kappa shape index (κ1) is 22.5. The van der Waals surface area contributed by atoms with Crippen molar-refractivity contribution in [3.8, 4) is 5.69 Å². The van der Waals surface area contributed by atoms with Crippen molar-refractivity contribution in [1.29, 1.82) is 0 Å². The van der Waals surface area contributed by atoms with Gasteiger partial charge in [0.1, 0.15) is 12.2 Å². The average molecular weight is 485 g/mol. The van der Waals surface area contributed by atoms with Gasteiger partial charge in [0.15, 0.2) is 0 Å². The van der Waals surface area contributed by atoms with Crippen molar-refractivity contribution >= 4 is 28.2 Å². The maximum absolute atomic E-state index is 12.7. The fraction of sp³-hybridized carbons (Fsp3) is 0.524. The van der Waals surface area contributed by atoms with Gasteiger partial charge in [0.25, 0.3) is 0 Å². The molecule has 4 heterocycles. The van der Waals surface area contributed by atoms with Crippen LogP contribution in [-0.2, 0) is 11.3 Å². The van der Waals surface area contributed by atoms with E-state index in [9.17, 15) is 18.3 Å². The van der Waals surface area contributed by atoms with E-state index in [1.807, 2.05) is 19.1 Å². The second-order valence-corrected chi connectivity index (χ2v) is 9.20. The minimum absolute atomic E-state index is 0.350. The summed E-state index contributed by atoms with van der Waals surface area (Å²) in [6.07, 6.45) is -0.553. The number of halogens is 4. The van der Waals surface area contributed by atoms with Crippen LogP contribution < -0.4 is 4.90 Å². The first-order valence-electron chi connectivity index (χ1n) is 10.7. The monoisotopic (exact) mass is 484 g/mol. The molecule has 2 aliphatic heterocycles. The van der Waals surface area contributed by atoms with Crippen molar-refractivity contribution in [3.05, 3.63) is 35.7 Å². The van der Waals surface area contributed by atoms with Crippen LogP contribution in [0.15, 0.2) is 30.7 Å². The molecule has 8 nitrogen and oxygen atoms in total. The van der Waals surface area contributed by atoms with Gasteiger partial charge in [0, 0.05) is 31.6 Å². The third-order valence-electron chi connectivity index (χ3n) is 6.57. The quantitative estimate of drug-likeness (QED) is 0.614. The molecule has 0 radical (unpaired) electrons. The van der Waals surface area contributed by atoms with Crippen molar-refractivity contribution in [1.82, 2.24) is 24.5 Å². The lowest BCUT2D eigenvalue weighted by atomic mass is 9.95. The number of ether oxygens (including phenoxy) is 1. The predicted molar refractivity (Wildman–Crippen MR) is 117 cm³/mol. The molecule has 2 aromatic heterocycles. The van der Waals surface area contributed by atoms with E-state index in [1.165, 1.54) is 12.4 Å². The molecule has 0 amide bonds. The molecule has 3 aromatic rings.